The Morgan fingerprint density at radius 2 is 1.81 bits per heavy atom. The van der Waals surface area contributed by atoms with Crippen LogP contribution in [0.1, 0.15) is 30.9 Å². The number of hydrogen-bond acceptors (Lipinski definition) is 7. The molecule has 0 aliphatic carbocycles. The second-order valence-electron chi connectivity index (χ2n) is 8.59. The summed E-state index contributed by atoms with van der Waals surface area (Å²) in [6, 6.07) is 19.3. The molecule has 3 aromatic carbocycles. The average molecular weight is 503 g/mol. The van der Waals surface area contributed by atoms with Crippen LogP contribution in [0.3, 0.4) is 0 Å². The van der Waals surface area contributed by atoms with Crippen LogP contribution in [-0.4, -0.2) is 36.2 Å². The molecule has 0 aliphatic rings. The van der Waals surface area contributed by atoms with Gasteiger partial charge in [-0.3, -0.25) is 0 Å². The fraction of sp³-hybridized carbons (Fsp3) is 0.222. The molecule has 0 amide bonds. The van der Waals surface area contributed by atoms with E-state index in [1.807, 2.05) is 65.2 Å². The second-order valence-corrected chi connectivity index (χ2v) is 9.12. The van der Waals surface area contributed by atoms with Crippen LogP contribution < -0.4 is 10.1 Å². The van der Waals surface area contributed by atoms with E-state index in [0.29, 0.717) is 12.1 Å². The lowest BCUT2D eigenvalue weighted by Gasteiger charge is -2.11. The maximum atomic E-state index is 11.8. The summed E-state index contributed by atoms with van der Waals surface area (Å²) in [5.41, 5.74) is 6.66. The normalized spacial score (nSPS) is 11.3. The Hall–Kier alpha value is -3.95. The lowest BCUT2D eigenvalue weighted by molar-refractivity contribution is 0.141. The summed E-state index contributed by atoms with van der Waals surface area (Å²) in [6.45, 7) is 3.32. The molecule has 8 nitrogen and oxygen atoms in total. The fourth-order valence-electron chi connectivity index (χ4n) is 4.36. The maximum Gasteiger partial charge on any atom is 0.512 e. The molecular formula is C27H26N4O4S. The zero-order valence-corrected chi connectivity index (χ0v) is 20.6. The highest BCUT2D eigenvalue weighted by Gasteiger charge is 2.23. The molecule has 0 fully saturated rings. The van der Waals surface area contributed by atoms with E-state index in [-0.39, 0.29) is 12.5 Å². The predicted molar refractivity (Wildman–Crippen MR) is 142 cm³/mol. The summed E-state index contributed by atoms with van der Waals surface area (Å²) in [5.74, 6) is 0.247. The number of unbranched alkanes of at least 4 members (excludes halogenated alkanes) is 1. The molecule has 0 bridgehead atoms. The van der Waals surface area contributed by atoms with Gasteiger partial charge in [0.15, 0.2) is 0 Å². The van der Waals surface area contributed by atoms with E-state index in [9.17, 15) is 15.0 Å². The van der Waals surface area contributed by atoms with Crippen molar-refractivity contribution < 1.29 is 19.7 Å². The van der Waals surface area contributed by atoms with Gasteiger partial charge in [-0.25, -0.2) is 4.79 Å². The number of fused-ring (bicyclic) bond motifs is 2. The van der Waals surface area contributed by atoms with Crippen molar-refractivity contribution in [2.45, 2.75) is 32.9 Å². The zero-order chi connectivity index (χ0) is 25.1. The standard InChI is InChI=1S/C27H26N4O4S/c1-2-3-12-28-20-9-11-24-21(14-20)25(19-7-4-17(16-32)5-8-19)26(35-27(33)34)31(24)15-18-6-10-22-23(13-18)30-36-29-22/h4-11,13-14,28,32H,2-3,12,15-16H2,1H3,(H,33,34). The summed E-state index contributed by atoms with van der Waals surface area (Å²) in [5, 5.41) is 23.5. The minimum atomic E-state index is -1.38. The van der Waals surface area contributed by atoms with Gasteiger partial charge in [0, 0.05) is 17.6 Å². The van der Waals surface area contributed by atoms with Gasteiger partial charge in [-0.05, 0) is 53.4 Å². The number of ether oxygens (including phenoxy) is 1. The van der Waals surface area contributed by atoms with Crippen LogP contribution in [0.5, 0.6) is 5.88 Å². The smallest absolute Gasteiger partial charge is 0.449 e. The van der Waals surface area contributed by atoms with Crippen LogP contribution in [0.4, 0.5) is 10.5 Å². The lowest BCUT2D eigenvalue weighted by Crippen LogP contribution is -2.10. The van der Waals surface area contributed by atoms with Gasteiger partial charge >= 0.3 is 6.16 Å². The van der Waals surface area contributed by atoms with Crippen LogP contribution in [0.15, 0.2) is 60.7 Å². The van der Waals surface area contributed by atoms with E-state index < -0.39 is 6.16 Å². The number of anilines is 1. The minimum absolute atomic E-state index is 0.0695. The van der Waals surface area contributed by atoms with E-state index in [2.05, 4.69) is 21.0 Å². The highest BCUT2D eigenvalue weighted by molar-refractivity contribution is 7.00. The molecule has 36 heavy (non-hydrogen) atoms. The minimum Gasteiger partial charge on any atom is -0.449 e. The molecule has 0 aliphatic heterocycles. The molecule has 184 valence electrons. The number of aromatic nitrogens is 3. The third-order valence-electron chi connectivity index (χ3n) is 6.14. The van der Waals surface area contributed by atoms with Gasteiger partial charge in [-0.1, -0.05) is 43.7 Å². The van der Waals surface area contributed by atoms with E-state index in [4.69, 9.17) is 4.74 Å². The number of rotatable bonds is 9. The number of nitrogens with zero attached hydrogens (tertiary/aromatic N) is 3. The lowest BCUT2D eigenvalue weighted by atomic mass is 10.0. The fourth-order valence-corrected chi connectivity index (χ4v) is 4.88. The monoisotopic (exact) mass is 502 g/mol. The summed E-state index contributed by atoms with van der Waals surface area (Å²) >= 11 is 1.16. The van der Waals surface area contributed by atoms with Gasteiger partial charge in [0.1, 0.15) is 11.0 Å². The van der Waals surface area contributed by atoms with Gasteiger partial charge in [0.05, 0.1) is 36.0 Å². The summed E-state index contributed by atoms with van der Waals surface area (Å²) in [4.78, 5) is 11.8. The molecule has 5 aromatic rings. The number of hydrogen-bond donors (Lipinski definition) is 3. The van der Waals surface area contributed by atoms with Crippen molar-refractivity contribution >= 4 is 45.5 Å². The number of aliphatic hydroxyl groups excluding tert-OH is 1. The van der Waals surface area contributed by atoms with Crippen molar-refractivity contribution in [1.82, 2.24) is 13.3 Å². The molecule has 0 saturated carbocycles. The molecule has 2 aromatic heterocycles. The Kier molecular flexibility index (Phi) is 6.84. The predicted octanol–water partition coefficient (Wildman–Crippen LogP) is 6.12. The van der Waals surface area contributed by atoms with Crippen LogP contribution in [0, 0.1) is 0 Å². The number of carboxylic acid groups (broad SMARTS) is 1. The van der Waals surface area contributed by atoms with E-state index in [1.165, 1.54) is 0 Å². The van der Waals surface area contributed by atoms with Crippen LogP contribution >= 0.6 is 11.7 Å². The third-order valence-corrected chi connectivity index (χ3v) is 6.70. The average Bonchev–Trinajstić information content (AvgIpc) is 3.46. The van der Waals surface area contributed by atoms with Gasteiger partial charge in [-0.2, -0.15) is 8.75 Å². The Morgan fingerprint density at radius 3 is 2.56 bits per heavy atom. The first-order valence-electron chi connectivity index (χ1n) is 11.8. The number of benzene rings is 3. The third kappa shape index (κ3) is 4.75. The number of aliphatic hydroxyl groups is 1. The largest absolute Gasteiger partial charge is 0.512 e. The molecule has 5 rings (SSSR count). The molecule has 0 radical (unpaired) electrons. The zero-order valence-electron chi connectivity index (χ0n) is 19.8. The SMILES string of the molecule is CCCCNc1ccc2c(c1)c(-c1ccc(CO)cc1)c(OC(=O)O)n2Cc1ccc2nsnc2c1. The number of carbonyl (C=O) groups is 1. The molecule has 0 unspecified atom stereocenters. The molecule has 0 saturated heterocycles. The van der Waals surface area contributed by atoms with Gasteiger partial charge in [0.2, 0.25) is 5.88 Å². The molecule has 3 N–H and O–H groups in total. The van der Waals surface area contributed by atoms with E-state index in [0.717, 1.165) is 75.4 Å². The summed E-state index contributed by atoms with van der Waals surface area (Å²) in [7, 11) is 0. The highest BCUT2D eigenvalue weighted by Crippen LogP contribution is 2.42. The van der Waals surface area contributed by atoms with Crippen molar-refractivity contribution in [2.75, 3.05) is 11.9 Å². The van der Waals surface area contributed by atoms with Crippen molar-refractivity contribution in [1.29, 1.82) is 0 Å². The highest BCUT2D eigenvalue weighted by atomic mass is 32.1. The first-order valence-corrected chi connectivity index (χ1v) is 12.5. The molecule has 0 atom stereocenters. The molecule has 0 spiro atoms. The Morgan fingerprint density at radius 1 is 1.03 bits per heavy atom. The van der Waals surface area contributed by atoms with Crippen LogP contribution in [0.25, 0.3) is 33.1 Å². The van der Waals surface area contributed by atoms with Crippen molar-refractivity contribution in [3.63, 3.8) is 0 Å². The van der Waals surface area contributed by atoms with Crippen molar-refractivity contribution in [3.05, 3.63) is 71.8 Å². The Bertz CT molecular complexity index is 1520. The molecular weight excluding hydrogens is 476 g/mol. The number of nitrogens with one attached hydrogen (secondary N) is 1. The molecule has 2 heterocycles. The van der Waals surface area contributed by atoms with Gasteiger partial charge in [-0.15, -0.1) is 0 Å². The van der Waals surface area contributed by atoms with E-state index >= 15 is 0 Å². The van der Waals surface area contributed by atoms with Crippen LogP contribution in [0.2, 0.25) is 0 Å². The summed E-state index contributed by atoms with van der Waals surface area (Å²) < 4.78 is 15.9. The first-order chi connectivity index (χ1) is 17.6. The Balaban J connectivity index is 1.69. The molecule has 9 heteroatoms. The van der Waals surface area contributed by atoms with Crippen molar-refractivity contribution in [3.8, 4) is 17.0 Å². The summed E-state index contributed by atoms with van der Waals surface area (Å²) in [6.07, 6.45) is 0.757. The maximum absolute atomic E-state index is 11.8. The second kappa shape index (κ2) is 10.3. The van der Waals surface area contributed by atoms with E-state index in [1.54, 1.807) is 0 Å². The topological polar surface area (TPSA) is 110 Å². The Labute approximate surface area is 212 Å². The van der Waals surface area contributed by atoms with Gasteiger partial charge < -0.3 is 24.8 Å². The quantitative estimate of drug-likeness (QED) is 0.164. The van der Waals surface area contributed by atoms with Gasteiger partial charge in [0.25, 0.3) is 0 Å². The van der Waals surface area contributed by atoms with Crippen molar-refractivity contribution in [2.24, 2.45) is 0 Å². The van der Waals surface area contributed by atoms with Crippen LogP contribution in [-0.2, 0) is 13.2 Å². The first kappa shape index (κ1) is 23.8.